The summed E-state index contributed by atoms with van der Waals surface area (Å²) < 4.78 is 30.9. The van der Waals surface area contributed by atoms with Crippen molar-refractivity contribution < 1.29 is 22.7 Å². The third-order valence-electron chi connectivity index (χ3n) is 5.01. The molecular formula is C19H27BFN3O4S. The van der Waals surface area contributed by atoms with Gasteiger partial charge in [0.1, 0.15) is 11.4 Å². The molecule has 2 aromatic heterocycles. The van der Waals surface area contributed by atoms with Crippen LogP contribution in [0, 0.1) is 6.92 Å². The summed E-state index contributed by atoms with van der Waals surface area (Å²) in [4.78, 5) is 16.1. The molecule has 7 nitrogen and oxygen atoms in total. The molecule has 0 N–H and O–H groups in total. The van der Waals surface area contributed by atoms with E-state index in [9.17, 15) is 8.68 Å². The lowest BCUT2D eigenvalue weighted by atomic mass is 9.76. The van der Waals surface area contributed by atoms with Crippen LogP contribution in [0.2, 0.25) is 0 Å². The predicted octanol–water partition coefficient (Wildman–Crippen LogP) is 3.40. The van der Waals surface area contributed by atoms with Crippen LogP contribution in [0.1, 0.15) is 50.8 Å². The molecule has 29 heavy (non-hydrogen) atoms. The Morgan fingerprint density at radius 1 is 1.28 bits per heavy atom. The van der Waals surface area contributed by atoms with E-state index in [-0.39, 0.29) is 18.0 Å². The third kappa shape index (κ3) is 4.88. The van der Waals surface area contributed by atoms with E-state index in [0.717, 1.165) is 16.4 Å². The van der Waals surface area contributed by atoms with Crippen LogP contribution in [0.5, 0.6) is 0 Å². The van der Waals surface area contributed by atoms with Crippen molar-refractivity contribution in [3.8, 4) is 11.4 Å². The largest absolute Gasteiger partial charge is 0.499 e. The Hall–Kier alpha value is -1.75. The Balaban J connectivity index is 0.000000687. The smallest absolute Gasteiger partial charge is 0.399 e. The second-order valence-electron chi connectivity index (χ2n) is 7.54. The number of aromatic nitrogens is 3. The van der Waals surface area contributed by atoms with Crippen LogP contribution in [0.25, 0.3) is 11.4 Å². The monoisotopic (exact) mass is 423 g/mol. The number of aldehydes is 1. The molecule has 2 aromatic rings. The van der Waals surface area contributed by atoms with E-state index >= 15 is 0 Å². The average Bonchev–Trinajstić information content (AvgIpc) is 3.15. The molecule has 10 heteroatoms. The first-order valence-corrected chi connectivity index (χ1v) is 9.95. The van der Waals surface area contributed by atoms with Gasteiger partial charge in [-0.1, -0.05) is 6.07 Å². The molecule has 3 heterocycles. The van der Waals surface area contributed by atoms with Gasteiger partial charge in [0, 0.05) is 24.9 Å². The van der Waals surface area contributed by atoms with Crippen molar-refractivity contribution in [1.29, 1.82) is 0 Å². The van der Waals surface area contributed by atoms with Crippen LogP contribution in [-0.4, -0.2) is 52.5 Å². The summed E-state index contributed by atoms with van der Waals surface area (Å²) in [6.45, 7) is 12.3. The van der Waals surface area contributed by atoms with Gasteiger partial charge < -0.3 is 14.0 Å². The van der Waals surface area contributed by atoms with E-state index in [0.29, 0.717) is 23.1 Å². The maximum Gasteiger partial charge on any atom is 0.499 e. The summed E-state index contributed by atoms with van der Waals surface area (Å²) in [5, 5.41) is 4.20. The molecular weight excluding hydrogens is 396 g/mol. The number of hydrogen-bond acceptors (Lipinski definition) is 7. The Labute approximate surface area is 175 Å². The lowest BCUT2D eigenvalue weighted by molar-refractivity contribution is 0.00578. The van der Waals surface area contributed by atoms with Gasteiger partial charge in [-0.05, 0) is 53.7 Å². The summed E-state index contributed by atoms with van der Waals surface area (Å²) in [7, 11) is 0.836. The molecule has 3 rings (SSSR count). The van der Waals surface area contributed by atoms with E-state index in [1.807, 2.05) is 53.7 Å². The van der Waals surface area contributed by atoms with Gasteiger partial charge in [-0.2, -0.15) is 9.19 Å². The Bertz CT molecular complexity index is 842. The Morgan fingerprint density at radius 2 is 1.86 bits per heavy atom. The number of aryl methyl sites for hydroxylation is 1. The molecule has 0 saturated carbocycles. The number of methoxy groups -OCH3 is 1. The van der Waals surface area contributed by atoms with E-state index < -0.39 is 18.3 Å². The van der Waals surface area contributed by atoms with Gasteiger partial charge in [0.15, 0.2) is 18.6 Å². The summed E-state index contributed by atoms with van der Waals surface area (Å²) in [5.41, 5.74) is 0.934. The highest BCUT2D eigenvalue weighted by Crippen LogP contribution is 2.37. The minimum atomic E-state index is -0.844. The minimum absolute atomic E-state index is 0.0595. The quantitative estimate of drug-likeness (QED) is 0.539. The molecule has 0 bridgehead atoms. The summed E-state index contributed by atoms with van der Waals surface area (Å²) in [6.07, 6.45) is 0.555. The molecule has 0 radical (unpaired) electrons. The number of ether oxygens (including phenoxy) is 1. The second kappa shape index (κ2) is 9.38. The van der Waals surface area contributed by atoms with E-state index in [1.165, 1.54) is 0 Å². The Morgan fingerprint density at radius 3 is 2.31 bits per heavy atom. The number of carbonyl (C=O) groups excluding carboxylic acids is 1. The average molecular weight is 423 g/mol. The van der Waals surface area contributed by atoms with E-state index in [1.54, 1.807) is 13.2 Å². The molecule has 0 aromatic carbocycles. The number of pyridine rings is 1. The fourth-order valence-corrected chi connectivity index (χ4v) is 2.97. The molecule has 158 valence electrons. The molecule has 0 spiro atoms. The van der Waals surface area contributed by atoms with Crippen LogP contribution >= 0.6 is 12.3 Å². The lowest BCUT2D eigenvalue weighted by Crippen LogP contribution is -2.41. The van der Waals surface area contributed by atoms with Crippen LogP contribution in [0.15, 0.2) is 18.2 Å². The van der Waals surface area contributed by atoms with Crippen molar-refractivity contribution in [3.63, 3.8) is 0 Å². The van der Waals surface area contributed by atoms with Crippen molar-refractivity contribution in [2.75, 3.05) is 13.7 Å². The summed E-state index contributed by atoms with van der Waals surface area (Å²) in [5.74, 6) is 0. The van der Waals surface area contributed by atoms with Gasteiger partial charge in [0.25, 0.3) is 0 Å². The van der Waals surface area contributed by atoms with E-state index in [4.69, 9.17) is 9.31 Å². The normalized spacial score (nSPS) is 17.0. The second-order valence-corrected chi connectivity index (χ2v) is 8.02. The predicted molar refractivity (Wildman–Crippen MR) is 113 cm³/mol. The summed E-state index contributed by atoms with van der Waals surface area (Å²) in [6, 6.07) is 5.43. The van der Waals surface area contributed by atoms with Crippen molar-refractivity contribution in [1.82, 2.24) is 14.2 Å². The molecule has 1 fully saturated rings. The number of rotatable bonds is 5. The molecule has 1 saturated heterocycles. The molecule has 0 unspecified atom stereocenters. The van der Waals surface area contributed by atoms with Gasteiger partial charge in [0.05, 0.1) is 16.9 Å². The van der Waals surface area contributed by atoms with Crippen LogP contribution in [0.3, 0.4) is 0 Å². The van der Waals surface area contributed by atoms with Gasteiger partial charge in [-0.15, -0.1) is 3.89 Å². The fraction of sp³-hybridized carbons (Fsp3) is 0.526. The summed E-state index contributed by atoms with van der Waals surface area (Å²) >= 11 is -0.152. The third-order valence-corrected chi connectivity index (χ3v) is 5.42. The zero-order valence-electron chi connectivity index (χ0n) is 17.9. The first kappa shape index (κ1) is 23.5. The zero-order chi connectivity index (χ0) is 21.8. The van der Waals surface area contributed by atoms with Gasteiger partial charge in [-0.3, -0.25) is 9.78 Å². The van der Waals surface area contributed by atoms with Crippen molar-refractivity contribution >= 4 is 31.2 Å². The highest BCUT2D eigenvalue weighted by molar-refractivity contribution is 7.92. The SMILES string of the molecule is CCOC.Cc1cccc(-c2nn(SF)c(C=O)c2B2OC(C)(C)C(C)(C)O2)n1. The number of carbonyl (C=O) groups is 1. The highest BCUT2D eigenvalue weighted by atomic mass is 32.2. The number of hydrogen-bond donors (Lipinski definition) is 0. The standard InChI is InChI=1S/C16H19BFN3O3S.C3H8O/c1-10-7-6-8-11(19-10)14-13(12(9-22)21(20-14)25-18)17-23-15(2,3)16(4,5)24-17;1-3-4-2/h6-9H,1-5H3;3H2,1-2H3. The maximum atomic E-state index is 13.3. The molecule has 1 aliphatic heterocycles. The van der Waals surface area contributed by atoms with E-state index in [2.05, 4.69) is 14.8 Å². The van der Waals surface area contributed by atoms with Crippen LogP contribution < -0.4 is 5.46 Å². The number of halogens is 1. The van der Waals surface area contributed by atoms with Crippen molar-refractivity contribution in [2.45, 2.75) is 52.7 Å². The fourth-order valence-electron chi connectivity index (χ4n) is 2.64. The van der Waals surface area contributed by atoms with Gasteiger partial charge in [0.2, 0.25) is 0 Å². The molecule has 0 atom stereocenters. The first-order chi connectivity index (χ1) is 13.6. The van der Waals surface area contributed by atoms with Crippen LogP contribution in [-0.2, 0) is 14.0 Å². The minimum Gasteiger partial charge on any atom is -0.399 e. The molecule has 0 aliphatic carbocycles. The topological polar surface area (TPSA) is 75.5 Å². The molecule has 1 aliphatic rings. The van der Waals surface area contributed by atoms with Crippen LogP contribution in [0.4, 0.5) is 3.89 Å². The maximum absolute atomic E-state index is 13.3. The zero-order valence-corrected chi connectivity index (χ0v) is 18.7. The van der Waals surface area contributed by atoms with Gasteiger partial charge in [-0.25, -0.2) is 0 Å². The molecule has 0 amide bonds. The van der Waals surface area contributed by atoms with Crippen molar-refractivity contribution in [3.05, 3.63) is 29.6 Å². The first-order valence-electron chi connectivity index (χ1n) is 9.27. The van der Waals surface area contributed by atoms with Crippen molar-refractivity contribution in [2.24, 2.45) is 0 Å². The highest BCUT2D eigenvalue weighted by Gasteiger charge is 2.54. The lowest BCUT2D eigenvalue weighted by Gasteiger charge is -2.32. The Kier molecular flexibility index (Phi) is 7.61. The van der Waals surface area contributed by atoms with Gasteiger partial charge >= 0.3 is 7.12 Å². The number of nitrogens with zero attached hydrogens (tertiary/aromatic N) is 3.